The van der Waals surface area contributed by atoms with Gasteiger partial charge >= 0.3 is 0 Å². The van der Waals surface area contributed by atoms with Crippen LogP contribution in [0.1, 0.15) is 16.8 Å². The molecule has 2 aromatic heterocycles. The van der Waals surface area contributed by atoms with Crippen LogP contribution in [-0.4, -0.2) is 14.8 Å². The van der Waals surface area contributed by atoms with Crippen molar-refractivity contribution in [2.24, 2.45) is 0 Å². The van der Waals surface area contributed by atoms with Crippen molar-refractivity contribution in [3.8, 4) is 28.1 Å². The highest BCUT2D eigenvalue weighted by Crippen LogP contribution is 2.36. The van der Waals surface area contributed by atoms with Crippen LogP contribution in [0, 0.1) is 25.5 Å². The summed E-state index contributed by atoms with van der Waals surface area (Å²) in [4.78, 5) is 12.7. The summed E-state index contributed by atoms with van der Waals surface area (Å²) in [5.74, 6) is -1.54. The predicted octanol–water partition coefficient (Wildman–Crippen LogP) is 5.20. The second kappa shape index (κ2) is 8.09. The van der Waals surface area contributed by atoms with E-state index < -0.39 is 18.2 Å². The van der Waals surface area contributed by atoms with Crippen LogP contribution < -0.4 is 5.56 Å². The number of halogens is 3. The van der Waals surface area contributed by atoms with Gasteiger partial charge in [-0.2, -0.15) is 0 Å². The highest BCUT2D eigenvalue weighted by molar-refractivity contribution is 6.30. The second-order valence-corrected chi connectivity index (χ2v) is 7.57. The molecule has 8 heteroatoms. The maximum absolute atomic E-state index is 14.4. The Bertz CT molecular complexity index is 1340. The summed E-state index contributed by atoms with van der Waals surface area (Å²) in [5, 5.41) is 14.1. The van der Waals surface area contributed by atoms with Crippen molar-refractivity contribution < 1.29 is 18.4 Å². The van der Waals surface area contributed by atoms with E-state index in [2.05, 4.69) is 5.16 Å². The van der Waals surface area contributed by atoms with Crippen molar-refractivity contribution in [1.29, 1.82) is 0 Å². The summed E-state index contributed by atoms with van der Waals surface area (Å²) in [6.07, 6.45) is 1.57. The number of hydrogen-bond acceptors (Lipinski definition) is 4. The van der Waals surface area contributed by atoms with Gasteiger partial charge < -0.3 is 9.63 Å². The molecule has 0 amide bonds. The van der Waals surface area contributed by atoms with Gasteiger partial charge in [-0.3, -0.25) is 9.36 Å². The van der Waals surface area contributed by atoms with Gasteiger partial charge in [0.1, 0.15) is 17.3 Å². The number of aliphatic hydroxyl groups is 1. The van der Waals surface area contributed by atoms with Crippen LogP contribution in [-0.2, 0) is 6.61 Å². The smallest absolute Gasteiger partial charge is 0.255 e. The van der Waals surface area contributed by atoms with Gasteiger partial charge in [0.25, 0.3) is 5.56 Å². The van der Waals surface area contributed by atoms with Crippen LogP contribution in [0.4, 0.5) is 8.78 Å². The van der Waals surface area contributed by atoms with E-state index in [0.717, 1.165) is 23.3 Å². The van der Waals surface area contributed by atoms with Gasteiger partial charge in [-0.1, -0.05) is 16.8 Å². The van der Waals surface area contributed by atoms with E-state index in [1.807, 2.05) is 13.8 Å². The predicted molar refractivity (Wildman–Crippen MR) is 113 cm³/mol. The maximum atomic E-state index is 14.4. The fourth-order valence-electron chi connectivity index (χ4n) is 3.68. The van der Waals surface area contributed by atoms with E-state index >= 15 is 0 Å². The first-order chi connectivity index (χ1) is 14.8. The van der Waals surface area contributed by atoms with E-state index in [4.69, 9.17) is 16.1 Å². The minimum absolute atomic E-state index is 0.0137. The molecule has 5 nitrogen and oxygen atoms in total. The van der Waals surface area contributed by atoms with Crippen LogP contribution in [0.5, 0.6) is 0 Å². The van der Waals surface area contributed by atoms with E-state index in [-0.39, 0.29) is 22.6 Å². The zero-order valence-electron chi connectivity index (χ0n) is 16.6. The Morgan fingerprint density at radius 1 is 1.10 bits per heavy atom. The molecule has 0 aliphatic rings. The third-order valence-corrected chi connectivity index (χ3v) is 5.20. The standard InChI is InChI=1S/C23H17ClF2N2O3/c1-12-7-15(24)8-13(2)22(12)28-10-14(3-6-20(28)30)21-19(11-29)27-31-23(21)17-5-4-16(25)9-18(17)26/h3-10,29H,11H2,1-2H3. The highest BCUT2D eigenvalue weighted by atomic mass is 35.5. The molecule has 2 heterocycles. The lowest BCUT2D eigenvalue weighted by Gasteiger charge is -2.15. The van der Waals surface area contributed by atoms with Gasteiger partial charge in [0.15, 0.2) is 5.76 Å². The molecular formula is C23H17ClF2N2O3. The molecule has 0 atom stereocenters. The second-order valence-electron chi connectivity index (χ2n) is 7.13. The summed E-state index contributed by atoms with van der Waals surface area (Å²) >= 11 is 6.12. The molecule has 0 radical (unpaired) electrons. The van der Waals surface area contributed by atoms with Crippen LogP contribution in [0.15, 0.2) is 58.0 Å². The molecule has 0 aliphatic carbocycles. The van der Waals surface area contributed by atoms with Crippen molar-refractivity contribution in [2.75, 3.05) is 0 Å². The Morgan fingerprint density at radius 2 is 1.81 bits per heavy atom. The molecule has 0 saturated carbocycles. The summed E-state index contributed by atoms with van der Waals surface area (Å²) in [7, 11) is 0. The van der Waals surface area contributed by atoms with Gasteiger partial charge in [0, 0.05) is 28.9 Å². The number of rotatable bonds is 4. The molecular weight excluding hydrogens is 426 g/mol. The lowest BCUT2D eigenvalue weighted by molar-refractivity contribution is 0.267. The summed E-state index contributed by atoms with van der Waals surface area (Å²) < 4.78 is 34.6. The number of aromatic nitrogens is 2. The largest absolute Gasteiger partial charge is 0.390 e. The van der Waals surface area contributed by atoms with Crippen molar-refractivity contribution >= 4 is 11.6 Å². The molecule has 2 aromatic carbocycles. The molecule has 158 valence electrons. The first-order valence-corrected chi connectivity index (χ1v) is 9.73. The van der Waals surface area contributed by atoms with Crippen molar-refractivity contribution in [1.82, 2.24) is 9.72 Å². The summed E-state index contributed by atoms with van der Waals surface area (Å²) in [5.41, 5.74) is 2.89. The Kier molecular flexibility index (Phi) is 5.47. The van der Waals surface area contributed by atoms with Crippen LogP contribution in [0.2, 0.25) is 5.02 Å². The fraction of sp³-hybridized carbons (Fsp3) is 0.130. The van der Waals surface area contributed by atoms with Gasteiger partial charge in [-0.25, -0.2) is 8.78 Å². The number of benzene rings is 2. The molecule has 1 N–H and O–H groups in total. The molecule has 0 spiro atoms. The maximum Gasteiger partial charge on any atom is 0.255 e. The SMILES string of the molecule is Cc1cc(Cl)cc(C)c1-n1cc(-c2c(CO)noc2-c2ccc(F)cc2F)ccc1=O. The Balaban J connectivity index is 1.96. The zero-order valence-corrected chi connectivity index (χ0v) is 17.4. The third-order valence-electron chi connectivity index (χ3n) is 4.98. The van der Waals surface area contributed by atoms with Gasteiger partial charge in [0.2, 0.25) is 0 Å². The minimum atomic E-state index is -0.834. The Labute approximate surface area is 181 Å². The highest BCUT2D eigenvalue weighted by Gasteiger charge is 2.23. The Hall–Kier alpha value is -3.29. The van der Waals surface area contributed by atoms with Crippen LogP contribution in [0.3, 0.4) is 0 Å². The average Bonchev–Trinajstić information content (AvgIpc) is 3.12. The summed E-state index contributed by atoms with van der Waals surface area (Å²) in [6.45, 7) is 3.20. The summed E-state index contributed by atoms with van der Waals surface area (Å²) in [6, 6.07) is 9.48. The fourth-order valence-corrected chi connectivity index (χ4v) is 4.01. The number of hydrogen-bond donors (Lipinski definition) is 1. The monoisotopic (exact) mass is 442 g/mol. The quantitative estimate of drug-likeness (QED) is 0.471. The average molecular weight is 443 g/mol. The van der Waals surface area contributed by atoms with Gasteiger partial charge in [-0.05, 0) is 55.3 Å². The van der Waals surface area contributed by atoms with Gasteiger partial charge in [0.05, 0.1) is 23.4 Å². The van der Waals surface area contributed by atoms with Crippen molar-refractivity contribution in [3.63, 3.8) is 0 Å². The molecule has 4 aromatic rings. The number of pyridine rings is 1. The normalized spacial score (nSPS) is 11.2. The van der Waals surface area contributed by atoms with E-state index in [0.29, 0.717) is 21.8 Å². The molecule has 0 saturated heterocycles. The Morgan fingerprint density at radius 3 is 2.45 bits per heavy atom. The van der Waals surface area contributed by atoms with Crippen molar-refractivity contribution in [3.05, 3.63) is 92.5 Å². The number of aryl methyl sites for hydroxylation is 2. The lowest BCUT2D eigenvalue weighted by atomic mass is 10.00. The van der Waals surface area contributed by atoms with Crippen molar-refractivity contribution in [2.45, 2.75) is 20.5 Å². The molecule has 4 rings (SSSR count). The van der Waals surface area contributed by atoms with E-state index in [1.165, 1.54) is 22.8 Å². The zero-order chi connectivity index (χ0) is 22.3. The van der Waals surface area contributed by atoms with Crippen LogP contribution >= 0.6 is 11.6 Å². The number of aliphatic hydroxyl groups excluding tert-OH is 1. The topological polar surface area (TPSA) is 68.3 Å². The lowest BCUT2D eigenvalue weighted by Crippen LogP contribution is -2.18. The molecule has 0 fully saturated rings. The van der Waals surface area contributed by atoms with Gasteiger partial charge in [-0.15, -0.1) is 0 Å². The number of nitrogens with zero attached hydrogens (tertiary/aromatic N) is 2. The molecule has 0 unspecified atom stereocenters. The molecule has 0 aliphatic heterocycles. The third kappa shape index (κ3) is 3.78. The van der Waals surface area contributed by atoms with E-state index in [1.54, 1.807) is 18.3 Å². The molecule has 0 bridgehead atoms. The first kappa shape index (κ1) is 21.0. The molecule has 31 heavy (non-hydrogen) atoms. The first-order valence-electron chi connectivity index (χ1n) is 9.35. The minimum Gasteiger partial charge on any atom is -0.390 e. The van der Waals surface area contributed by atoms with E-state index in [9.17, 15) is 18.7 Å². The van der Waals surface area contributed by atoms with Crippen LogP contribution in [0.25, 0.3) is 28.1 Å².